The number of fused-ring (bicyclic) bond motifs is 1. The van der Waals surface area contributed by atoms with E-state index in [4.69, 9.17) is 9.15 Å². The summed E-state index contributed by atoms with van der Waals surface area (Å²) in [5.74, 6) is 1.21. The van der Waals surface area contributed by atoms with E-state index in [0.717, 1.165) is 28.8 Å². The molecule has 1 amide bonds. The molecule has 26 heavy (non-hydrogen) atoms. The van der Waals surface area contributed by atoms with E-state index in [1.54, 1.807) is 13.2 Å². The third-order valence-corrected chi connectivity index (χ3v) is 4.18. The standard InChI is InChI=1S/C22H23NO3/c1-3-4-5-16-6-8-18(9-7-16)23-22(24)13-11-20-15-17-14-19(25-2)10-12-21(17)26-20/h6-15H,3-5H2,1-2H3,(H,23,24)/b13-11+. The maximum absolute atomic E-state index is 12.1. The summed E-state index contributed by atoms with van der Waals surface area (Å²) in [7, 11) is 1.63. The molecular formula is C22H23NO3. The molecule has 0 unspecified atom stereocenters. The number of hydrogen-bond acceptors (Lipinski definition) is 3. The fourth-order valence-corrected chi connectivity index (χ4v) is 2.73. The van der Waals surface area contributed by atoms with Gasteiger partial charge < -0.3 is 14.5 Å². The van der Waals surface area contributed by atoms with Crippen LogP contribution in [0.15, 0.2) is 59.0 Å². The van der Waals surface area contributed by atoms with Crippen molar-refractivity contribution in [2.24, 2.45) is 0 Å². The number of methoxy groups -OCH3 is 1. The highest BCUT2D eigenvalue weighted by atomic mass is 16.5. The number of ether oxygens (including phenoxy) is 1. The maximum Gasteiger partial charge on any atom is 0.248 e. The topological polar surface area (TPSA) is 51.5 Å². The molecule has 0 fully saturated rings. The molecule has 0 saturated heterocycles. The van der Waals surface area contributed by atoms with Crippen LogP contribution in [0.4, 0.5) is 5.69 Å². The van der Waals surface area contributed by atoms with Crippen molar-refractivity contribution in [3.63, 3.8) is 0 Å². The van der Waals surface area contributed by atoms with Gasteiger partial charge in [0.2, 0.25) is 5.91 Å². The molecule has 4 nitrogen and oxygen atoms in total. The number of unbranched alkanes of at least 4 members (excludes halogenated alkanes) is 1. The van der Waals surface area contributed by atoms with Crippen molar-refractivity contribution in [3.8, 4) is 5.75 Å². The zero-order valence-electron chi connectivity index (χ0n) is 15.1. The monoisotopic (exact) mass is 349 g/mol. The fraction of sp³-hybridized carbons (Fsp3) is 0.227. The molecule has 4 heteroatoms. The number of aryl methyl sites for hydroxylation is 1. The highest BCUT2D eigenvalue weighted by molar-refractivity contribution is 6.02. The summed E-state index contributed by atoms with van der Waals surface area (Å²) in [5, 5.41) is 3.80. The first kappa shape index (κ1) is 17.8. The molecule has 0 atom stereocenters. The number of benzene rings is 2. The van der Waals surface area contributed by atoms with Gasteiger partial charge >= 0.3 is 0 Å². The van der Waals surface area contributed by atoms with E-state index in [9.17, 15) is 4.79 Å². The van der Waals surface area contributed by atoms with Crippen molar-refractivity contribution in [2.75, 3.05) is 12.4 Å². The van der Waals surface area contributed by atoms with Crippen LogP contribution in [0.1, 0.15) is 31.1 Å². The Hall–Kier alpha value is -3.01. The number of carbonyl (C=O) groups excluding carboxylic acids is 1. The van der Waals surface area contributed by atoms with Gasteiger partial charge in [-0.25, -0.2) is 0 Å². The van der Waals surface area contributed by atoms with Crippen LogP contribution in [0.25, 0.3) is 17.0 Å². The van der Waals surface area contributed by atoms with E-state index in [1.807, 2.05) is 36.4 Å². The van der Waals surface area contributed by atoms with Gasteiger partial charge in [-0.05, 0) is 60.9 Å². The lowest BCUT2D eigenvalue weighted by Gasteiger charge is -2.04. The van der Waals surface area contributed by atoms with Gasteiger partial charge in [0.15, 0.2) is 0 Å². The molecule has 134 valence electrons. The van der Waals surface area contributed by atoms with Crippen molar-refractivity contribution in [1.82, 2.24) is 0 Å². The van der Waals surface area contributed by atoms with E-state index in [0.29, 0.717) is 5.76 Å². The lowest BCUT2D eigenvalue weighted by atomic mass is 10.1. The molecule has 0 aliphatic rings. The summed E-state index contributed by atoms with van der Waals surface area (Å²) in [5.41, 5.74) is 2.83. The van der Waals surface area contributed by atoms with Crippen LogP contribution in [-0.2, 0) is 11.2 Å². The van der Waals surface area contributed by atoms with Gasteiger partial charge in [-0.1, -0.05) is 25.5 Å². The number of anilines is 1. The summed E-state index contributed by atoms with van der Waals surface area (Å²) < 4.78 is 10.9. The minimum atomic E-state index is -0.190. The summed E-state index contributed by atoms with van der Waals surface area (Å²) in [6, 6.07) is 15.5. The molecule has 1 N–H and O–H groups in total. The van der Waals surface area contributed by atoms with Crippen molar-refractivity contribution >= 4 is 28.6 Å². The van der Waals surface area contributed by atoms with Gasteiger partial charge in [-0.3, -0.25) is 4.79 Å². The average Bonchev–Trinajstić information content (AvgIpc) is 3.08. The minimum absolute atomic E-state index is 0.190. The third-order valence-electron chi connectivity index (χ3n) is 4.18. The van der Waals surface area contributed by atoms with Crippen molar-refractivity contribution in [2.45, 2.75) is 26.2 Å². The predicted molar refractivity (Wildman–Crippen MR) is 105 cm³/mol. The third kappa shape index (κ3) is 4.54. The minimum Gasteiger partial charge on any atom is -0.497 e. The predicted octanol–water partition coefficient (Wildman–Crippen LogP) is 5.44. The molecule has 3 rings (SSSR count). The Morgan fingerprint density at radius 2 is 1.96 bits per heavy atom. The number of carbonyl (C=O) groups is 1. The number of amides is 1. The van der Waals surface area contributed by atoms with E-state index in [1.165, 1.54) is 24.5 Å². The first-order valence-corrected chi connectivity index (χ1v) is 8.83. The lowest BCUT2D eigenvalue weighted by Crippen LogP contribution is -2.07. The number of furan rings is 1. The Balaban J connectivity index is 1.62. The molecule has 1 aromatic heterocycles. The summed E-state index contributed by atoms with van der Waals surface area (Å²) in [4.78, 5) is 12.1. The van der Waals surface area contributed by atoms with Crippen LogP contribution < -0.4 is 10.1 Å². The second-order valence-corrected chi connectivity index (χ2v) is 6.18. The van der Waals surface area contributed by atoms with Gasteiger partial charge in [0.25, 0.3) is 0 Å². The Labute approximate surface area is 153 Å². The smallest absolute Gasteiger partial charge is 0.248 e. The second kappa shape index (κ2) is 8.39. The molecule has 0 spiro atoms. The first-order valence-electron chi connectivity index (χ1n) is 8.83. The second-order valence-electron chi connectivity index (χ2n) is 6.18. The Kier molecular flexibility index (Phi) is 5.74. The van der Waals surface area contributed by atoms with Gasteiger partial charge in [-0.2, -0.15) is 0 Å². The molecule has 0 bridgehead atoms. The van der Waals surface area contributed by atoms with Crippen LogP contribution in [0.3, 0.4) is 0 Å². The molecule has 2 aromatic carbocycles. The molecule has 3 aromatic rings. The van der Waals surface area contributed by atoms with Crippen LogP contribution in [-0.4, -0.2) is 13.0 Å². The fourth-order valence-electron chi connectivity index (χ4n) is 2.73. The lowest BCUT2D eigenvalue weighted by molar-refractivity contribution is -0.111. The van der Waals surface area contributed by atoms with Gasteiger partial charge in [0.1, 0.15) is 17.1 Å². The maximum atomic E-state index is 12.1. The van der Waals surface area contributed by atoms with Crippen molar-refractivity contribution in [1.29, 1.82) is 0 Å². The number of nitrogens with one attached hydrogen (secondary N) is 1. The van der Waals surface area contributed by atoms with E-state index in [2.05, 4.69) is 24.4 Å². The van der Waals surface area contributed by atoms with Crippen LogP contribution in [0, 0.1) is 0 Å². The molecule has 1 heterocycles. The highest BCUT2D eigenvalue weighted by Gasteiger charge is 2.04. The molecule has 0 saturated carbocycles. The first-order chi connectivity index (χ1) is 12.7. The van der Waals surface area contributed by atoms with E-state index >= 15 is 0 Å². The molecular weight excluding hydrogens is 326 g/mol. The molecule has 0 aliphatic heterocycles. The normalized spacial score (nSPS) is 11.2. The molecule has 0 radical (unpaired) electrons. The van der Waals surface area contributed by atoms with Crippen molar-refractivity contribution < 1.29 is 13.9 Å². The van der Waals surface area contributed by atoms with E-state index < -0.39 is 0 Å². The highest BCUT2D eigenvalue weighted by Crippen LogP contribution is 2.24. The zero-order valence-corrected chi connectivity index (χ0v) is 15.1. The largest absolute Gasteiger partial charge is 0.497 e. The summed E-state index contributed by atoms with van der Waals surface area (Å²) in [6.45, 7) is 2.18. The summed E-state index contributed by atoms with van der Waals surface area (Å²) >= 11 is 0. The van der Waals surface area contributed by atoms with Gasteiger partial charge in [0, 0.05) is 17.1 Å². The number of rotatable bonds is 7. The summed E-state index contributed by atoms with van der Waals surface area (Å²) in [6.07, 6.45) is 6.56. The Morgan fingerprint density at radius 3 is 2.69 bits per heavy atom. The SMILES string of the molecule is CCCCc1ccc(NC(=O)/C=C/c2cc3cc(OC)ccc3o2)cc1. The zero-order chi connectivity index (χ0) is 18.4. The number of hydrogen-bond donors (Lipinski definition) is 1. The van der Waals surface area contributed by atoms with Crippen molar-refractivity contribution in [3.05, 3.63) is 65.9 Å². The van der Waals surface area contributed by atoms with Gasteiger partial charge in [0.05, 0.1) is 7.11 Å². The average molecular weight is 349 g/mol. The molecule has 0 aliphatic carbocycles. The van der Waals surface area contributed by atoms with Crippen LogP contribution >= 0.6 is 0 Å². The Bertz CT molecular complexity index is 907. The van der Waals surface area contributed by atoms with Crippen LogP contribution in [0.5, 0.6) is 5.75 Å². The quantitative estimate of drug-likeness (QED) is 0.578. The Morgan fingerprint density at radius 1 is 1.15 bits per heavy atom. The van der Waals surface area contributed by atoms with Gasteiger partial charge in [-0.15, -0.1) is 0 Å². The van der Waals surface area contributed by atoms with Crippen LogP contribution in [0.2, 0.25) is 0 Å². The van der Waals surface area contributed by atoms with E-state index in [-0.39, 0.29) is 5.91 Å².